The fourth-order valence-corrected chi connectivity index (χ4v) is 4.90. The second-order valence-electron chi connectivity index (χ2n) is 7.29. The average Bonchev–Trinajstić information content (AvgIpc) is 3.54. The Morgan fingerprint density at radius 3 is 2.68 bits per heavy atom. The van der Waals surface area contributed by atoms with Crippen LogP contribution < -0.4 is 14.8 Å². The number of hydrogen-bond donors (Lipinski definition) is 3. The Bertz CT molecular complexity index is 780. The molecule has 0 radical (unpaired) electrons. The number of nitrogens with one attached hydrogen (secondary N) is 2. The molecule has 9 heteroatoms. The minimum absolute atomic E-state index is 0.0547. The normalized spacial score (nSPS) is 25.3. The third kappa shape index (κ3) is 5.22. The van der Waals surface area contributed by atoms with Gasteiger partial charge in [-0.3, -0.25) is 4.79 Å². The van der Waals surface area contributed by atoms with Gasteiger partial charge in [0, 0.05) is 12.5 Å². The molecule has 1 aromatic rings. The number of para-hydroxylation sites is 1. The smallest absolute Gasteiger partial charge is 0.244 e. The molecule has 1 saturated carbocycles. The van der Waals surface area contributed by atoms with Crippen LogP contribution in [-0.2, 0) is 19.6 Å². The van der Waals surface area contributed by atoms with Crippen LogP contribution in [-0.4, -0.2) is 57.9 Å². The Balaban J connectivity index is 1.55. The van der Waals surface area contributed by atoms with Gasteiger partial charge in [0.2, 0.25) is 15.9 Å². The predicted molar refractivity (Wildman–Crippen MR) is 102 cm³/mol. The summed E-state index contributed by atoms with van der Waals surface area (Å²) in [6.07, 6.45) is 3.00. The molecule has 8 nitrogen and oxygen atoms in total. The molecule has 2 fully saturated rings. The number of methoxy groups -OCH3 is 1. The first-order valence-electron chi connectivity index (χ1n) is 9.64. The van der Waals surface area contributed by atoms with E-state index in [1.165, 1.54) is 13.2 Å². The summed E-state index contributed by atoms with van der Waals surface area (Å²) >= 11 is 0. The van der Waals surface area contributed by atoms with Crippen LogP contribution in [0.2, 0.25) is 0 Å². The highest BCUT2D eigenvalue weighted by atomic mass is 32.2. The number of carbonyl (C=O) groups excluding carboxylic acids is 1. The second kappa shape index (κ2) is 9.21. The van der Waals surface area contributed by atoms with E-state index in [-0.39, 0.29) is 35.2 Å². The summed E-state index contributed by atoms with van der Waals surface area (Å²) in [7, 11) is -2.40. The summed E-state index contributed by atoms with van der Waals surface area (Å²) in [4.78, 5) is 11.7. The van der Waals surface area contributed by atoms with E-state index in [0.717, 1.165) is 12.8 Å². The molecular weight excluding hydrogens is 384 g/mol. The minimum atomic E-state index is -3.82. The average molecular weight is 413 g/mol. The first-order valence-corrected chi connectivity index (χ1v) is 11.1. The molecule has 0 unspecified atom stereocenters. The van der Waals surface area contributed by atoms with E-state index < -0.39 is 22.2 Å². The van der Waals surface area contributed by atoms with E-state index in [1.807, 2.05) is 0 Å². The van der Waals surface area contributed by atoms with Gasteiger partial charge in [-0.25, -0.2) is 13.1 Å². The lowest BCUT2D eigenvalue weighted by molar-refractivity contribution is -0.122. The lowest BCUT2D eigenvalue weighted by atomic mass is 9.98. The second-order valence-corrected chi connectivity index (χ2v) is 8.97. The molecule has 1 heterocycles. The number of ether oxygens (including phenoxy) is 2. The summed E-state index contributed by atoms with van der Waals surface area (Å²) < 4.78 is 39.2. The fraction of sp³-hybridized carbons (Fsp3) is 0.632. The molecule has 1 aliphatic carbocycles. The van der Waals surface area contributed by atoms with Gasteiger partial charge in [0.05, 0.1) is 32.0 Å². The van der Waals surface area contributed by atoms with E-state index in [4.69, 9.17) is 9.47 Å². The Hall–Kier alpha value is -1.68. The van der Waals surface area contributed by atoms with Crippen molar-refractivity contribution in [2.75, 3.05) is 20.3 Å². The zero-order valence-electron chi connectivity index (χ0n) is 16.0. The maximum absolute atomic E-state index is 12.8. The molecule has 0 aromatic heterocycles. The van der Waals surface area contributed by atoms with Gasteiger partial charge in [-0.15, -0.1) is 0 Å². The summed E-state index contributed by atoms with van der Waals surface area (Å²) in [5.74, 6) is 0.528. The van der Waals surface area contributed by atoms with Crippen molar-refractivity contribution in [2.45, 2.75) is 55.2 Å². The molecule has 156 valence electrons. The lowest BCUT2D eigenvalue weighted by Gasteiger charge is -2.36. The number of benzene rings is 1. The summed E-state index contributed by atoms with van der Waals surface area (Å²) in [5, 5.41) is 12.6. The van der Waals surface area contributed by atoms with E-state index >= 15 is 0 Å². The monoisotopic (exact) mass is 412 g/mol. The minimum Gasteiger partial charge on any atom is -0.495 e. The van der Waals surface area contributed by atoms with Crippen molar-refractivity contribution in [3.8, 4) is 5.75 Å². The topological polar surface area (TPSA) is 114 Å². The van der Waals surface area contributed by atoms with Gasteiger partial charge in [0.25, 0.3) is 0 Å². The zero-order valence-corrected chi connectivity index (χ0v) is 16.8. The van der Waals surface area contributed by atoms with Crippen molar-refractivity contribution in [3.05, 3.63) is 24.3 Å². The van der Waals surface area contributed by atoms with Crippen LogP contribution in [0.4, 0.5) is 0 Å². The maximum atomic E-state index is 12.8. The van der Waals surface area contributed by atoms with E-state index in [9.17, 15) is 18.3 Å². The number of amides is 1. The van der Waals surface area contributed by atoms with Gasteiger partial charge >= 0.3 is 0 Å². The first-order chi connectivity index (χ1) is 13.4. The van der Waals surface area contributed by atoms with Crippen molar-refractivity contribution in [1.82, 2.24) is 10.0 Å². The molecule has 1 aliphatic heterocycles. The Morgan fingerprint density at radius 1 is 1.25 bits per heavy atom. The van der Waals surface area contributed by atoms with Crippen LogP contribution in [0.15, 0.2) is 29.2 Å². The maximum Gasteiger partial charge on any atom is 0.244 e. The number of carbonyl (C=O) groups is 1. The third-order valence-corrected chi connectivity index (χ3v) is 6.70. The molecular formula is C19H28N2O6S. The molecule has 1 amide bonds. The van der Waals surface area contributed by atoms with Gasteiger partial charge in [-0.2, -0.15) is 0 Å². The standard InChI is InChI=1S/C19H28N2O6S/c1-26-16-4-2-3-5-18(16)28(24,25)21-15-9-8-14(27-17(15)12-22)10-11-20-19(23)13-6-7-13/h2-5,13-15,17,21-22H,6-12H2,1H3,(H,20,23)/t14-,15+,17-/m1/s1. The molecule has 1 aromatic carbocycles. The highest BCUT2D eigenvalue weighted by Crippen LogP contribution is 2.29. The van der Waals surface area contributed by atoms with Gasteiger partial charge in [-0.05, 0) is 44.2 Å². The SMILES string of the molecule is COc1ccccc1S(=O)(=O)N[C@H]1CC[C@H](CCNC(=O)C2CC2)O[C@@H]1CO. The Labute approximate surface area is 165 Å². The number of aliphatic hydroxyl groups excluding tert-OH is 1. The van der Waals surface area contributed by atoms with Crippen LogP contribution in [0.3, 0.4) is 0 Å². The fourth-order valence-electron chi connectivity index (χ4n) is 3.43. The van der Waals surface area contributed by atoms with Crippen LogP contribution in [0.5, 0.6) is 5.75 Å². The molecule has 3 N–H and O–H groups in total. The van der Waals surface area contributed by atoms with Gasteiger partial charge in [-0.1, -0.05) is 12.1 Å². The van der Waals surface area contributed by atoms with Gasteiger partial charge < -0.3 is 19.9 Å². The number of aliphatic hydroxyl groups is 1. The number of sulfonamides is 1. The molecule has 0 bridgehead atoms. The number of rotatable bonds is 9. The van der Waals surface area contributed by atoms with Crippen LogP contribution in [0.1, 0.15) is 32.1 Å². The van der Waals surface area contributed by atoms with E-state index in [1.54, 1.807) is 18.2 Å². The quantitative estimate of drug-likeness (QED) is 0.553. The molecule has 3 rings (SSSR count). The van der Waals surface area contributed by atoms with Crippen LogP contribution in [0.25, 0.3) is 0 Å². The van der Waals surface area contributed by atoms with E-state index in [2.05, 4.69) is 10.0 Å². The van der Waals surface area contributed by atoms with Crippen molar-refractivity contribution in [3.63, 3.8) is 0 Å². The van der Waals surface area contributed by atoms with Crippen LogP contribution >= 0.6 is 0 Å². The summed E-state index contributed by atoms with van der Waals surface area (Å²) in [6, 6.07) is 5.86. The van der Waals surface area contributed by atoms with Crippen molar-refractivity contribution in [1.29, 1.82) is 0 Å². The highest BCUT2D eigenvalue weighted by Gasteiger charge is 2.35. The molecule has 0 spiro atoms. The molecule has 1 saturated heterocycles. The van der Waals surface area contributed by atoms with Gasteiger partial charge in [0.1, 0.15) is 10.6 Å². The third-order valence-electron chi connectivity index (χ3n) is 5.17. The number of hydrogen-bond acceptors (Lipinski definition) is 6. The lowest BCUT2D eigenvalue weighted by Crippen LogP contribution is -2.51. The molecule has 2 aliphatic rings. The highest BCUT2D eigenvalue weighted by molar-refractivity contribution is 7.89. The Kier molecular flexibility index (Phi) is 6.92. The van der Waals surface area contributed by atoms with Crippen molar-refractivity contribution >= 4 is 15.9 Å². The van der Waals surface area contributed by atoms with Crippen molar-refractivity contribution in [2.24, 2.45) is 5.92 Å². The largest absolute Gasteiger partial charge is 0.495 e. The summed E-state index contributed by atoms with van der Waals surface area (Å²) in [5.41, 5.74) is 0. The predicted octanol–water partition coefficient (Wildman–Crippen LogP) is 0.798. The summed E-state index contributed by atoms with van der Waals surface area (Å²) in [6.45, 7) is 0.236. The Morgan fingerprint density at radius 2 is 2.00 bits per heavy atom. The van der Waals surface area contributed by atoms with E-state index in [0.29, 0.717) is 25.8 Å². The molecule has 28 heavy (non-hydrogen) atoms. The molecule has 3 atom stereocenters. The van der Waals surface area contributed by atoms with Crippen molar-refractivity contribution < 1.29 is 27.8 Å². The van der Waals surface area contributed by atoms with Gasteiger partial charge in [0.15, 0.2) is 0 Å². The zero-order chi connectivity index (χ0) is 20.1. The van der Waals surface area contributed by atoms with Crippen LogP contribution in [0, 0.1) is 5.92 Å². The first kappa shape index (κ1) is 21.0.